The fourth-order valence-corrected chi connectivity index (χ4v) is 4.13. The molecular weight excluding hydrogens is 258 g/mol. The van der Waals surface area contributed by atoms with E-state index in [2.05, 4.69) is 24.0 Å². The number of Topliss-reactive ketones (excluding diaryl/α,β-unsaturated/α-hetero) is 1. The molecule has 0 bridgehead atoms. The van der Waals surface area contributed by atoms with E-state index in [4.69, 9.17) is 0 Å². The van der Waals surface area contributed by atoms with E-state index in [0.29, 0.717) is 18.4 Å². The lowest BCUT2D eigenvalue weighted by molar-refractivity contribution is 0.0539. The number of ketones is 1. The molecule has 1 aromatic rings. The number of fused-ring (bicyclic) bond motifs is 1. The molecule has 2 aliphatic rings. The molecular formula is C19H27NO. The Hall–Kier alpha value is -1.15. The minimum absolute atomic E-state index is 0.295. The van der Waals surface area contributed by atoms with Gasteiger partial charge in [-0.1, -0.05) is 44.0 Å². The summed E-state index contributed by atoms with van der Waals surface area (Å²) in [6, 6.07) is 8.86. The predicted octanol–water partition coefficient (Wildman–Crippen LogP) is 4.09. The summed E-state index contributed by atoms with van der Waals surface area (Å²) >= 11 is 0. The van der Waals surface area contributed by atoms with E-state index in [1.54, 1.807) is 0 Å². The zero-order chi connectivity index (χ0) is 14.7. The van der Waals surface area contributed by atoms with Crippen molar-refractivity contribution in [2.75, 3.05) is 13.1 Å². The molecule has 1 aliphatic carbocycles. The summed E-state index contributed by atoms with van der Waals surface area (Å²) in [4.78, 5) is 15.0. The van der Waals surface area contributed by atoms with Crippen molar-refractivity contribution in [1.82, 2.24) is 4.90 Å². The molecule has 0 N–H and O–H groups in total. The van der Waals surface area contributed by atoms with Crippen molar-refractivity contribution in [2.45, 2.75) is 57.9 Å². The average Bonchev–Trinajstić information content (AvgIpc) is 2.55. The third-order valence-corrected chi connectivity index (χ3v) is 5.39. The van der Waals surface area contributed by atoms with E-state index in [1.807, 2.05) is 12.1 Å². The summed E-state index contributed by atoms with van der Waals surface area (Å²) in [5.41, 5.74) is 2.18. The van der Waals surface area contributed by atoms with Crippen LogP contribution in [0.25, 0.3) is 0 Å². The van der Waals surface area contributed by atoms with Crippen LogP contribution in [-0.4, -0.2) is 29.8 Å². The lowest BCUT2D eigenvalue weighted by Gasteiger charge is -2.43. The van der Waals surface area contributed by atoms with Gasteiger partial charge in [-0.2, -0.15) is 0 Å². The average molecular weight is 285 g/mol. The third-order valence-electron chi connectivity index (χ3n) is 5.39. The van der Waals surface area contributed by atoms with Gasteiger partial charge in [0.2, 0.25) is 0 Å². The molecule has 0 amide bonds. The number of aryl methyl sites for hydroxylation is 1. The number of nitrogens with zero attached hydrogens (tertiary/aromatic N) is 1. The standard InChI is InChI=1S/C19H27NO/c1-2-15-9-11-17(12-10-15)19(21)14-20-13-5-7-16-6-3-4-8-18(16)20/h9-12,16,18H,2-8,13-14H2,1H3. The van der Waals surface area contributed by atoms with E-state index >= 15 is 0 Å². The molecule has 3 rings (SSSR count). The van der Waals surface area contributed by atoms with Crippen LogP contribution in [0.2, 0.25) is 0 Å². The van der Waals surface area contributed by atoms with Crippen LogP contribution in [-0.2, 0) is 6.42 Å². The molecule has 2 atom stereocenters. The van der Waals surface area contributed by atoms with Gasteiger partial charge in [0.1, 0.15) is 0 Å². The van der Waals surface area contributed by atoms with Gasteiger partial charge in [-0.3, -0.25) is 9.69 Å². The van der Waals surface area contributed by atoms with Crippen molar-refractivity contribution >= 4 is 5.78 Å². The molecule has 2 unspecified atom stereocenters. The van der Waals surface area contributed by atoms with Crippen molar-refractivity contribution in [3.8, 4) is 0 Å². The molecule has 1 aliphatic heterocycles. The highest BCUT2D eigenvalue weighted by molar-refractivity contribution is 5.97. The Morgan fingerprint density at radius 2 is 1.81 bits per heavy atom. The molecule has 1 aromatic carbocycles. The molecule has 2 nitrogen and oxygen atoms in total. The SMILES string of the molecule is CCc1ccc(C(=O)CN2CCCC3CCCCC32)cc1. The number of benzene rings is 1. The summed E-state index contributed by atoms with van der Waals surface area (Å²) in [5, 5.41) is 0. The number of hydrogen-bond acceptors (Lipinski definition) is 2. The van der Waals surface area contributed by atoms with Crippen LogP contribution in [0.4, 0.5) is 0 Å². The minimum atomic E-state index is 0.295. The monoisotopic (exact) mass is 285 g/mol. The smallest absolute Gasteiger partial charge is 0.176 e. The largest absolute Gasteiger partial charge is 0.293 e. The van der Waals surface area contributed by atoms with Gasteiger partial charge < -0.3 is 0 Å². The molecule has 0 radical (unpaired) electrons. The number of likely N-dealkylation sites (tertiary alicyclic amines) is 1. The van der Waals surface area contributed by atoms with E-state index < -0.39 is 0 Å². The quantitative estimate of drug-likeness (QED) is 0.777. The first kappa shape index (κ1) is 14.8. The Kier molecular flexibility index (Phi) is 4.74. The second-order valence-electron chi connectivity index (χ2n) is 6.70. The Morgan fingerprint density at radius 3 is 2.57 bits per heavy atom. The molecule has 1 saturated heterocycles. The van der Waals surface area contributed by atoms with Crippen LogP contribution in [0, 0.1) is 5.92 Å². The van der Waals surface area contributed by atoms with Gasteiger partial charge in [-0.15, -0.1) is 0 Å². The number of carbonyl (C=O) groups excluding carboxylic acids is 1. The first-order chi connectivity index (χ1) is 10.3. The molecule has 1 heterocycles. The van der Waals surface area contributed by atoms with Crippen molar-refractivity contribution in [2.24, 2.45) is 5.92 Å². The fourth-order valence-electron chi connectivity index (χ4n) is 4.13. The van der Waals surface area contributed by atoms with Gasteiger partial charge in [0.15, 0.2) is 5.78 Å². The Labute approximate surface area is 128 Å². The van der Waals surface area contributed by atoms with Crippen LogP contribution in [0.1, 0.15) is 61.4 Å². The Morgan fingerprint density at radius 1 is 1.10 bits per heavy atom. The summed E-state index contributed by atoms with van der Waals surface area (Å²) in [7, 11) is 0. The van der Waals surface area contributed by atoms with Gasteiger partial charge in [-0.05, 0) is 50.1 Å². The van der Waals surface area contributed by atoms with E-state index in [-0.39, 0.29) is 0 Å². The van der Waals surface area contributed by atoms with Crippen molar-refractivity contribution in [3.05, 3.63) is 35.4 Å². The highest BCUT2D eigenvalue weighted by Crippen LogP contribution is 2.35. The third kappa shape index (κ3) is 3.37. The maximum atomic E-state index is 12.5. The normalized spacial score (nSPS) is 26.3. The predicted molar refractivity (Wildman–Crippen MR) is 86.7 cm³/mol. The van der Waals surface area contributed by atoms with E-state index in [0.717, 1.165) is 24.4 Å². The zero-order valence-electron chi connectivity index (χ0n) is 13.2. The summed E-state index contributed by atoms with van der Waals surface area (Å²) < 4.78 is 0. The maximum absolute atomic E-state index is 12.5. The Bertz CT molecular complexity index is 477. The topological polar surface area (TPSA) is 20.3 Å². The second kappa shape index (κ2) is 6.74. The number of rotatable bonds is 4. The number of carbonyl (C=O) groups is 1. The van der Waals surface area contributed by atoms with Crippen LogP contribution in [0.5, 0.6) is 0 Å². The van der Waals surface area contributed by atoms with Crippen molar-refractivity contribution in [3.63, 3.8) is 0 Å². The van der Waals surface area contributed by atoms with Gasteiger partial charge in [0.05, 0.1) is 6.54 Å². The van der Waals surface area contributed by atoms with Crippen molar-refractivity contribution < 1.29 is 4.79 Å². The number of piperidine rings is 1. The maximum Gasteiger partial charge on any atom is 0.176 e. The Balaban J connectivity index is 1.65. The summed E-state index contributed by atoms with van der Waals surface area (Å²) in [6.45, 7) is 3.88. The zero-order valence-corrected chi connectivity index (χ0v) is 13.2. The lowest BCUT2D eigenvalue weighted by atomic mass is 9.78. The molecule has 2 fully saturated rings. The lowest BCUT2D eigenvalue weighted by Crippen LogP contribution is -2.48. The van der Waals surface area contributed by atoms with Crippen LogP contribution in [0.15, 0.2) is 24.3 Å². The molecule has 2 heteroatoms. The van der Waals surface area contributed by atoms with Gasteiger partial charge >= 0.3 is 0 Å². The highest BCUT2D eigenvalue weighted by atomic mass is 16.1. The first-order valence-electron chi connectivity index (χ1n) is 8.64. The van der Waals surface area contributed by atoms with E-state index in [1.165, 1.54) is 44.1 Å². The number of hydrogen-bond donors (Lipinski definition) is 0. The van der Waals surface area contributed by atoms with Gasteiger partial charge in [0.25, 0.3) is 0 Å². The summed E-state index contributed by atoms with van der Waals surface area (Å²) in [5.74, 6) is 1.15. The molecule has 0 spiro atoms. The first-order valence-corrected chi connectivity index (χ1v) is 8.64. The van der Waals surface area contributed by atoms with Crippen LogP contribution >= 0.6 is 0 Å². The highest BCUT2D eigenvalue weighted by Gasteiger charge is 2.33. The minimum Gasteiger partial charge on any atom is -0.293 e. The fraction of sp³-hybridized carbons (Fsp3) is 0.632. The van der Waals surface area contributed by atoms with Crippen LogP contribution < -0.4 is 0 Å². The van der Waals surface area contributed by atoms with Gasteiger partial charge in [0, 0.05) is 11.6 Å². The second-order valence-corrected chi connectivity index (χ2v) is 6.70. The van der Waals surface area contributed by atoms with E-state index in [9.17, 15) is 4.79 Å². The van der Waals surface area contributed by atoms with Crippen LogP contribution in [0.3, 0.4) is 0 Å². The van der Waals surface area contributed by atoms with Gasteiger partial charge in [-0.25, -0.2) is 0 Å². The summed E-state index contributed by atoms with van der Waals surface area (Å²) in [6.07, 6.45) is 9.08. The molecule has 114 valence electrons. The van der Waals surface area contributed by atoms with Crippen molar-refractivity contribution in [1.29, 1.82) is 0 Å². The molecule has 21 heavy (non-hydrogen) atoms. The molecule has 0 aromatic heterocycles. The molecule has 1 saturated carbocycles.